The average molecular weight is 296 g/mol. The number of nitrogens with zero attached hydrogens (tertiary/aromatic N) is 1. The van der Waals surface area contributed by atoms with Gasteiger partial charge in [0.05, 0.1) is 6.10 Å². The number of benzene rings is 1. The predicted molar refractivity (Wildman–Crippen MR) is 82.2 cm³/mol. The van der Waals surface area contributed by atoms with Gasteiger partial charge in [-0.1, -0.05) is 24.4 Å². The molecule has 0 amide bonds. The van der Waals surface area contributed by atoms with Gasteiger partial charge in [0.1, 0.15) is 10.8 Å². The second kappa shape index (κ2) is 7.11. The van der Waals surface area contributed by atoms with E-state index in [1.807, 2.05) is 6.92 Å². The van der Waals surface area contributed by atoms with Crippen molar-refractivity contribution >= 4 is 17.2 Å². The molecule has 2 N–H and O–H groups in total. The van der Waals surface area contributed by atoms with Gasteiger partial charge in [-0.05, 0) is 25.8 Å². The van der Waals surface area contributed by atoms with Crippen LogP contribution in [0, 0.1) is 5.82 Å². The van der Waals surface area contributed by atoms with Gasteiger partial charge >= 0.3 is 0 Å². The summed E-state index contributed by atoms with van der Waals surface area (Å²) in [5.41, 5.74) is 6.52. The summed E-state index contributed by atoms with van der Waals surface area (Å²) in [5, 5.41) is 0. The molecule has 5 heteroatoms. The summed E-state index contributed by atoms with van der Waals surface area (Å²) >= 11 is 4.87. The zero-order valence-corrected chi connectivity index (χ0v) is 12.6. The van der Waals surface area contributed by atoms with E-state index in [-0.39, 0.29) is 10.8 Å². The Morgan fingerprint density at radius 3 is 2.75 bits per heavy atom. The maximum Gasteiger partial charge on any atom is 0.137 e. The van der Waals surface area contributed by atoms with E-state index >= 15 is 0 Å². The average Bonchev–Trinajstić information content (AvgIpc) is 2.43. The van der Waals surface area contributed by atoms with E-state index in [9.17, 15) is 4.39 Å². The Bertz CT molecular complexity index is 473. The minimum atomic E-state index is -0.285. The first kappa shape index (κ1) is 15.4. The SMILES string of the molecule is CCOC1CCN(Cc2cccc(C(N)=S)c2F)CC1. The molecule has 0 saturated carbocycles. The fraction of sp³-hybridized carbons (Fsp3) is 0.533. The van der Waals surface area contributed by atoms with Gasteiger partial charge in [-0.25, -0.2) is 4.39 Å². The number of thiocarbonyl (C=S) groups is 1. The van der Waals surface area contributed by atoms with Crippen molar-refractivity contribution in [3.05, 3.63) is 35.1 Å². The van der Waals surface area contributed by atoms with Crippen molar-refractivity contribution in [3.63, 3.8) is 0 Å². The molecule has 0 atom stereocenters. The molecule has 1 saturated heterocycles. The van der Waals surface area contributed by atoms with Crippen molar-refractivity contribution in [2.75, 3.05) is 19.7 Å². The molecule has 0 spiro atoms. The van der Waals surface area contributed by atoms with Gasteiger partial charge in [0, 0.05) is 37.4 Å². The third kappa shape index (κ3) is 3.75. The number of hydrogen-bond donors (Lipinski definition) is 1. The molecule has 0 aliphatic carbocycles. The van der Waals surface area contributed by atoms with E-state index in [2.05, 4.69) is 4.90 Å². The lowest BCUT2D eigenvalue weighted by Crippen LogP contribution is -2.36. The van der Waals surface area contributed by atoms with Crippen LogP contribution in [0.25, 0.3) is 0 Å². The Morgan fingerprint density at radius 2 is 2.15 bits per heavy atom. The van der Waals surface area contributed by atoms with Crippen LogP contribution < -0.4 is 5.73 Å². The van der Waals surface area contributed by atoms with Crippen molar-refractivity contribution in [2.24, 2.45) is 5.73 Å². The highest BCUT2D eigenvalue weighted by Gasteiger charge is 2.20. The van der Waals surface area contributed by atoms with Crippen LogP contribution >= 0.6 is 12.2 Å². The lowest BCUT2D eigenvalue weighted by Gasteiger charge is -2.31. The predicted octanol–water partition coefficient (Wildman–Crippen LogP) is 2.46. The number of nitrogens with two attached hydrogens (primary N) is 1. The van der Waals surface area contributed by atoms with Crippen LogP contribution in [-0.2, 0) is 11.3 Å². The molecule has 20 heavy (non-hydrogen) atoms. The number of hydrogen-bond acceptors (Lipinski definition) is 3. The molecule has 0 unspecified atom stereocenters. The van der Waals surface area contributed by atoms with Crippen molar-refractivity contribution in [2.45, 2.75) is 32.4 Å². The third-order valence-corrected chi connectivity index (χ3v) is 3.89. The summed E-state index contributed by atoms with van der Waals surface area (Å²) in [7, 11) is 0. The minimum absolute atomic E-state index is 0.111. The molecule has 2 rings (SSSR count). The summed E-state index contributed by atoms with van der Waals surface area (Å²) in [4.78, 5) is 2.36. The van der Waals surface area contributed by atoms with E-state index in [0.717, 1.165) is 32.5 Å². The minimum Gasteiger partial charge on any atom is -0.389 e. The molecule has 1 aliphatic heterocycles. The first-order valence-corrected chi connectivity index (χ1v) is 7.43. The molecule has 1 aromatic rings. The fourth-order valence-corrected chi connectivity index (χ4v) is 2.76. The lowest BCUT2D eigenvalue weighted by molar-refractivity contribution is 0.0123. The highest BCUT2D eigenvalue weighted by Crippen LogP contribution is 2.19. The molecular weight excluding hydrogens is 275 g/mol. The Kier molecular flexibility index (Phi) is 5.46. The Balaban J connectivity index is 1.98. The maximum atomic E-state index is 14.3. The van der Waals surface area contributed by atoms with Gasteiger partial charge in [0.15, 0.2) is 0 Å². The van der Waals surface area contributed by atoms with E-state index in [0.29, 0.717) is 23.8 Å². The van der Waals surface area contributed by atoms with E-state index in [4.69, 9.17) is 22.7 Å². The number of rotatable bonds is 5. The molecule has 0 radical (unpaired) electrons. The highest BCUT2D eigenvalue weighted by molar-refractivity contribution is 7.80. The number of ether oxygens (including phenoxy) is 1. The van der Waals surface area contributed by atoms with Crippen LogP contribution in [0.5, 0.6) is 0 Å². The summed E-state index contributed by atoms with van der Waals surface area (Å²) in [6.07, 6.45) is 2.36. The Morgan fingerprint density at radius 1 is 1.45 bits per heavy atom. The van der Waals surface area contributed by atoms with Crippen molar-refractivity contribution in [3.8, 4) is 0 Å². The zero-order valence-electron chi connectivity index (χ0n) is 11.8. The largest absolute Gasteiger partial charge is 0.389 e. The van der Waals surface area contributed by atoms with Crippen molar-refractivity contribution in [1.82, 2.24) is 4.90 Å². The Hall–Kier alpha value is -1.04. The number of likely N-dealkylation sites (tertiary alicyclic amines) is 1. The van der Waals surface area contributed by atoms with E-state index in [1.165, 1.54) is 0 Å². The molecule has 0 aromatic heterocycles. The smallest absolute Gasteiger partial charge is 0.137 e. The Labute approximate surface area is 124 Å². The summed E-state index contributed by atoms with van der Waals surface area (Å²) < 4.78 is 19.9. The van der Waals surface area contributed by atoms with E-state index < -0.39 is 0 Å². The maximum absolute atomic E-state index is 14.3. The molecule has 1 aliphatic rings. The molecule has 1 fully saturated rings. The second-order valence-corrected chi connectivity index (χ2v) is 5.51. The normalized spacial score (nSPS) is 17.3. The number of piperidine rings is 1. The quantitative estimate of drug-likeness (QED) is 0.847. The topological polar surface area (TPSA) is 38.5 Å². The standard InChI is InChI=1S/C15H21FN2OS/c1-2-19-12-6-8-18(9-7-12)10-11-4-3-5-13(14(11)16)15(17)20/h3-5,12H,2,6-10H2,1H3,(H2,17,20). The van der Waals surface area contributed by atoms with Crippen molar-refractivity contribution < 1.29 is 9.13 Å². The first-order valence-electron chi connectivity index (χ1n) is 7.03. The molecule has 1 aromatic carbocycles. The zero-order chi connectivity index (χ0) is 14.5. The van der Waals surface area contributed by atoms with Crippen LogP contribution in [0.3, 0.4) is 0 Å². The van der Waals surface area contributed by atoms with Gasteiger partial charge in [0.25, 0.3) is 0 Å². The van der Waals surface area contributed by atoms with E-state index in [1.54, 1.807) is 18.2 Å². The molecule has 0 bridgehead atoms. The third-order valence-electron chi connectivity index (χ3n) is 3.68. The molecular formula is C15H21FN2OS. The van der Waals surface area contributed by atoms with Gasteiger partial charge < -0.3 is 10.5 Å². The van der Waals surface area contributed by atoms with Crippen LogP contribution in [0.15, 0.2) is 18.2 Å². The summed E-state index contributed by atoms with van der Waals surface area (Å²) in [6.45, 7) is 5.24. The van der Waals surface area contributed by atoms with Crippen LogP contribution in [0.4, 0.5) is 4.39 Å². The summed E-state index contributed by atoms with van der Waals surface area (Å²) in [6, 6.07) is 5.23. The summed E-state index contributed by atoms with van der Waals surface area (Å²) in [5.74, 6) is -0.285. The van der Waals surface area contributed by atoms with Crippen LogP contribution in [-0.4, -0.2) is 35.7 Å². The first-order chi connectivity index (χ1) is 9.61. The monoisotopic (exact) mass is 296 g/mol. The van der Waals surface area contributed by atoms with Crippen molar-refractivity contribution in [1.29, 1.82) is 0 Å². The highest BCUT2D eigenvalue weighted by atomic mass is 32.1. The lowest BCUT2D eigenvalue weighted by atomic mass is 10.0. The second-order valence-electron chi connectivity index (χ2n) is 5.07. The van der Waals surface area contributed by atoms with Crippen LogP contribution in [0.1, 0.15) is 30.9 Å². The van der Waals surface area contributed by atoms with Gasteiger partial charge in [-0.2, -0.15) is 0 Å². The van der Waals surface area contributed by atoms with Gasteiger partial charge in [-0.3, -0.25) is 4.90 Å². The fourth-order valence-electron chi connectivity index (χ4n) is 2.60. The van der Waals surface area contributed by atoms with Crippen LogP contribution in [0.2, 0.25) is 0 Å². The van der Waals surface area contributed by atoms with Gasteiger partial charge in [-0.15, -0.1) is 0 Å². The number of halogens is 1. The molecule has 3 nitrogen and oxygen atoms in total. The van der Waals surface area contributed by atoms with Gasteiger partial charge in [0.2, 0.25) is 0 Å². The molecule has 1 heterocycles. The molecule has 110 valence electrons.